The molecule has 0 aromatic carbocycles. The maximum absolute atomic E-state index is 10.6. The normalized spacial score (nSPS) is 27.1. The Bertz CT molecular complexity index is 186. The predicted molar refractivity (Wildman–Crippen MR) is 55.2 cm³/mol. The Morgan fingerprint density at radius 3 is 2.92 bits per heavy atom. The third kappa shape index (κ3) is 3.56. The van der Waals surface area contributed by atoms with Crippen molar-refractivity contribution in [2.75, 3.05) is 20.1 Å². The summed E-state index contributed by atoms with van der Waals surface area (Å²) >= 11 is 1.59. The fourth-order valence-electron chi connectivity index (χ4n) is 1.58. The second-order valence-corrected chi connectivity index (χ2v) is 5.29. The molecule has 1 aliphatic rings. The summed E-state index contributed by atoms with van der Waals surface area (Å²) in [6, 6.07) is 0. The number of carbonyl (C=O) groups is 1. The van der Waals surface area contributed by atoms with Crippen LogP contribution in [0.5, 0.6) is 0 Å². The van der Waals surface area contributed by atoms with Crippen molar-refractivity contribution < 1.29 is 9.90 Å². The lowest BCUT2D eigenvalue weighted by molar-refractivity contribution is -0.136. The molecule has 0 saturated carbocycles. The van der Waals surface area contributed by atoms with E-state index in [1.807, 2.05) is 0 Å². The van der Waals surface area contributed by atoms with Crippen LogP contribution in [0.2, 0.25) is 0 Å². The summed E-state index contributed by atoms with van der Waals surface area (Å²) in [5, 5.41) is 8.98. The maximum atomic E-state index is 10.6. The molecule has 1 N–H and O–H groups in total. The van der Waals surface area contributed by atoms with E-state index in [1.54, 1.807) is 18.7 Å². The number of piperidine rings is 1. The van der Waals surface area contributed by atoms with Gasteiger partial charge in [0.25, 0.3) is 0 Å². The summed E-state index contributed by atoms with van der Waals surface area (Å²) in [5.74, 6) is -0.696. The van der Waals surface area contributed by atoms with E-state index in [1.165, 1.54) is 6.42 Å². The number of aliphatic carboxylic acids is 1. The van der Waals surface area contributed by atoms with Crippen LogP contribution in [0.4, 0.5) is 0 Å². The van der Waals surface area contributed by atoms with Gasteiger partial charge in [0.1, 0.15) is 0 Å². The van der Waals surface area contributed by atoms with Gasteiger partial charge in [0.2, 0.25) is 0 Å². The third-order valence-corrected chi connectivity index (χ3v) is 3.71. The lowest BCUT2D eigenvalue weighted by Crippen LogP contribution is -2.35. The largest absolute Gasteiger partial charge is 0.480 e. The number of carboxylic acid groups (broad SMARTS) is 1. The van der Waals surface area contributed by atoms with Gasteiger partial charge in [0.15, 0.2) is 0 Å². The van der Waals surface area contributed by atoms with Gasteiger partial charge < -0.3 is 10.0 Å². The van der Waals surface area contributed by atoms with Crippen molar-refractivity contribution >= 4 is 17.7 Å². The van der Waals surface area contributed by atoms with E-state index in [2.05, 4.69) is 11.9 Å². The first-order chi connectivity index (χ1) is 6.09. The van der Waals surface area contributed by atoms with E-state index < -0.39 is 5.97 Å². The molecule has 1 fully saturated rings. The Balaban J connectivity index is 2.31. The quantitative estimate of drug-likeness (QED) is 0.750. The van der Waals surface area contributed by atoms with E-state index >= 15 is 0 Å². The van der Waals surface area contributed by atoms with Crippen LogP contribution < -0.4 is 0 Å². The number of thioether (sulfide) groups is 1. The lowest BCUT2D eigenvalue weighted by atomic mass is 10.1. The van der Waals surface area contributed by atoms with Crippen LogP contribution >= 0.6 is 11.8 Å². The van der Waals surface area contributed by atoms with Crippen LogP contribution in [0.25, 0.3) is 0 Å². The number of carboxylic acids is 1. The van der Waals surface area contributed by atoms with Crippen molar-refractivity contribution in [3.63, 3.8) is 0 Å². The van der Waals surface area contributed by atoms with Gasteiger partial charge in [0.05, 0.1) is 5.25 Å². The number of likely N-dealkylation sites (tertiary alicyclic amines) is 1. The van der Waals surface area contributed by atoms with Gasteiger partial charge in [0, 0.05) is 11.8 Å². The molecule has 1 aliphatic heterocycles. The predicted octanol–water partition coefficient (Wildman–Crippen LogP) is 1.29. The highest BCUT2D eigenvalue weighted by Crippen LogP contribution is 2.25. The average Bonchev–Trinajstić information content (AvgIpc) is 2.04. The van der Waals surface area contributed by atoms with E-state index in [0.717, 1.165) is 19.5 Å². The zero-order valence-electron chi connectivity index (χ0n) is 8.19. The van der Waals surface area contributed by atoms with Gasteiger partial charge in [-0.2, -0.15) is 0 Å². The van der Waals surface area contributed by atoms with Crippen molar-refractivity contribution in [3.05, 3.63) is 0 Å². The summed E-state index contributed by atoms with van der Waals surface area (Å²) in [4.78, 5) is 12.9. The van der Waals surface area contributed by atoms with Gasteiger partial charge in [-0.25, -0.2) is 0 Å². The topological polar surface area (TPSA) is 40.5 Å². The summed E-state index contributed by atoms with van der Waals surface area (Å²) in [7, 11) is 2.10. The molecule has 4 heteroatoms. The van der Waals surface area contributed by atoms with E-state index in [4.69, 9.17) is 5.11 Å². The average molecular weight is 203 g/mol. The molecule has 0 aromatic rings. The van der Waals surface area contributed by atoms with Crippen LogP contribution in [-0.4, -0.2) is 46.6 Å². The molecule has 0 bridgehead atoms. The van der Waals surface area contributed by atoms with Crippen LogP contribution in [0, 0.1) is 0 Å². The minimum atomic E-state index is -0.696. The number of nitrogens with zero attached hydrogens (tertiary/aromatic N) is 1. The summed E-state index contributed by atoms with van der Waals surface area (Å²) in [6.07, 6.45) is 2.35. The molecule has 0 aromatic heterocycles. The Kier molecular flexibility index (Phi) is 4.06. The maximum Gasteiger partial charge on any atom is 0.316 e. The summed E-state index contributed by atoms with van der Waals surface area (Å²) in [6.45, 7) is 3.95. The highest BCUT2D eigenvalue weighted by atomic mass is 32.2. The molecular weight excluding hydrogens is 186 g/mol. The fourth-order valence-corrected chi connectivity index (χ4v) is 2.91. The molecule has 3 nitrogen and oxygen atoms in total. The van der Waals surface area contributed by atoms with Crippen molar-refractivity contribution in [1.29, 1.82) is 0 Å². The first kappa shape index (κ1) is 10.9. The third-order valence-electron chi connectivity index (χ3n) is 2.33. The molecule has 0 amide bonds. The van der Waals surface area contributed by atoms with Crippen molar-refractivity contribution in [3.8, 4) is 0 Å². The second-order valence-electron chi connectivity index (χ2n) is 3.64. The fraction of sp³-hybridized carbons (Fsp3) is 0.889. The first-order valence-corrected chi connectivity index (χ1v) is 5.60. The number of hydrogen-bond donors (Lipinski definition) is 1. The molecule has 2 unspecified atom stereocenters. The highest BCUT2D eigenvalue weighted by molar-refractivity contribution is 8.01. The Morgan fingerprint density at radius 1 is 1.69 bits per heavy atom. The molecule has 13 heavy (non-hydrogen) atoms. The molecule has 1 heterocycles. The van der Waals surface area contributed by atoms with Gasteiger partial charge in [-0.1, -0.05) is 0 Å². The first-order valence-electron chi connectivity index (χ1n) is 4.66. The Morgan fingerprint density at radius 2 is 2.38 bits per heavy atom. The van der Waals surface area contributed by atoms with Gasteiger partial charge in [-0.05, 0) is 33.4 Å². The van der Waals surface area contributed by atoms with E-state index in [9.17, 15) is 4.79 Å². The van der Waals surface area contributed by atoms with Crippen molar-refractivity contribution in [2.24, 2.45) is 0 Å². The smallest absolute Gasteiger partial charge is 0.316 e. The number of hydrogen-bond acceptors (Lipinski definition) is 3. The van der Waals surface area contributed by atoms with Crippen molar-refractivity contribution in [1.82, 2.24) is 4.90 Å². The monoisotopic (exact) mass is 203 g/mol. The Labute approximate surface area is 83.5 Å². The van der Waals surface area contributed by atoms with Gasteiger partial charge >= 0.3 is 5.97 Å². The molecule has 1 saturated heterocycles. The van der Waals surface area contributed by atoms with E-state index in [-0.39, 0.29) is 5.25 Å². The van der Waals surface area contributed by atoms with Crippen molar-refractivity contribution in [2.45, 2.75) is 30.3 Å². The number of rotatable bonds is 3. The zero-order chi connectivity index (χ0) is 9.84. The lowest BCUT2D eigenvalue weighted by Gasteiger charge is -2.30. The second kappa shape index (κ2) is 4.86. The minimum Gasteiger partial charge on any atom is -0.480 e. The standard InChI is InChI=1S/C9H17NO2S/c1-7(9(11)12)13-8-4-3-5-10(2)6-8/h7-8H,3-6H2,1-2H3,(H,11,12). The highest BCUT2D eigenvalue weighted by Gasteiger charge is 2.22. The van der Waals surface area contributed by atoms with E-state index in [0.29, 0.717) is 5.25 Å². The molecule has 2 atom stereocenters. The zero-order valence-corrected chi connectivity index (χ0v) is 9.01. The van der Waals surface area contributed by atoms with Crippen LogP contribution in [0.15, 0.2) is 0 Å². The van der Waals surface area contributed by atoms with Gasteiger partial charge in [-0.3, -0.25) is 4.79 Å². The molecule has 0 aliphatic carbocycles. The molecule has 0 radical (unpaired) electrons. The van der Waals surface area contributed by atoms with Crippen LogP contribution in [-0.2, 0) is 4.79 Å². The molecule has 76 valence electrons. The minimum absolute atomic E-state index is 0.267. The van der Waals surface area contributed by atoms with Gasteiger partial charge in [-0.15, -0.1) is 11.8 Å². The summed E-state index contributed by atoms with van der Waals surface area (Å²) in [5.41, 5.74) is 0. The van der Waals surface area contributed by atoms with Crippen LogP contribution in [0.1, 0.15) is 19.8 Å². The SMILES string of the molecule is CC(SC1CCCN(C)C1)C(=O)O. The molecule has 1 rings (SSSR count). The molecular formula is C9H17NO2S. The summed E-state index contributed by atoms with van der Waals surface area (Å²) < 4.78 is 0. The molecule has 0 spiro atoms. The Hall–Kier alpha value is -0.220. The van der Waals surface area contributed by atoms with Crippen LogP contribution in [0.3, 0.4) is 0 Å².